The molecule has 0 radical (unpaired) electrons. The minimum Gasteiger partial charge on any atom is -0.353 e. The monoisotopic (exact) mass is 335 g/mol. The van der Waals surface area contributed by atoms with Crippen LogP contribution in [0.4, 0.5) is 11.8 Å². The standard InChI is InChI=1S/C20H25N5/c1-2-6-16(7-3-1)10-12-21-20-23-19(14-22-24-20)25-13-11-17-8-4-5-9-18(17)15-25/h4-6,8-9,14H,1-3,7,10-13,15H2,(H,21,23,24). The Labute approximate surface area is 149 Å². The molecular formula is C20H25N5. The zero-order chi connectivity index (χ0) is 16.9. The molecule has 2 aliphatic rings. The van der Waals surface area contributed by atoms with Gasteiger partial charge in [-0.1, -0.05) is 35.9 Å². The summed E-state index contributed by atoms with van der Waals surface area (Å²) in [4.78, 5) is 6.96. The van der Waals surface area contributed by atoms with Crippen molar-refractivity contribution in [3.05, 3.63) is 53.2 Å². The summed E-state index contributed by atoms with van der Waals surface area (Å²) in [6.07, 6.45) is 11.4. The lowest BCUT2D eigenvalue weighted by molar-refractivity contribution is 0.678. The van der Waals surface area contributed by atoms with Crippen LogP contribution < -0.4 is 10.2 Å². The Balaban J connectivity index is 1.37. The van der Waals surface area contributed by atoms with Crippen molar-refractivity contribution in [2.75, 3.05) is 23.3 Å². The van der Waals surface area contributed by atoms with Crippen molar-refractivity contribution in [3.8, 4) is 0 Å². The Morgan fingerprint density at radius 2 is 2.00 bits per heavy atom. The van der Waals surface area contributed by atoms with Gasteiger partial charge in [0.15, 0.2) is 5.82 Å². The van der Waals surface area contributed by atoms with Crippen molar-refractivity contribution in [2.45, 2.75) is 45.1 Å². The number of aromatic nitrogens is 3. The van der Waals surface area contributed by atoms with Crippen LogP contribution in [0.2, 0.25) is 0 Å². The molecule has 2 heterocycles. The average Bonchev–Trinajstić information content (AvgIpc) is 2.69. The van der Waals surface area contributed by atoms with Crippen molar-refractivity contribution < 1.29 is 0 Å². The zero-order valence-electron chi connectivity index (χ0n) is 14.6. The highest BCUT2D eigenvalue weighted by Crippen LogP contribution is 2.23. The van der Waals surface area contributed by atoms with E-state index in [0.29, 0.717) is 5.95 Å². The van der Waals surface area contributed by atoms with E-state index in [1.165, 1.54) is 36.8 Å². The second kappa shape index (κ2) is 7.64. The summed E-state index contributed by atoms with van der Waals surface area (Å²) in [5.74, 6) is 1.54. The quantitative estimate of drug-likeness (QED) is 0.844. The van der Waals surface area contributed by atoms with Gasteiger partial charge in [-0.05, 0) is 49.7 Å². The zero-order valence-corrected chi connectivity index (χ0v) is 14.6. The van der Waals surface area contributed by atoms with E-state index in [9.17, 15) is 0 Å². The molecule has 4 rings (SSSR count). The molecule has 5 heteroatoms. The average molecular weight is 335 g/mol. The van der Waals surface area contributed by atoms with E-state index in [1.807, 2.05) is 0 Å². The molecule has 5 nitrogen and oxygen atoms in total. The van der Waals surface area contributed by atoms with Gasteiger partial charge in [-0.15, -0.1) is 5.10 Å². The molecule has 25 heavy (non-hydrogen) atoms. The maximum absolute atomic E-state index is 4.67. The molecule has 0 saturated carbocycles. The molecule has 1 aromatic carbocycles. The molecule has 2 aromatic rings. The second-order valence-electron chi connectivity index (χ2n) is 6.86. The molecule has 0 spiro atoms. The Hall–Kier alpha value is -2.43. The maximum Gasteiger partial charge on any atom is 0.244 e. The van der Waals surface area contributed by atoms with Gasteiger partial charge in [0.1, 0.15) is 0 Å². The van der Waals surface area contributed by atoms with Gasteiger partial charge in [0.05, 0.1) is 6.20 Å². The van der Waals surface area contributed by atoms with Crippen molar-refractivity contribution in [1.29, 1.82) is 0 Å². The van der Waals surface area contributed by atoms with Crippen LogP contribution in [-0.4, -0.2) is 28.3 Å². The number of allylic oxidation sites excluding steroid dienone is 1. The number of fused-ring (bicyclic) bond motifs is 1. The fraction of sp³-hybridized carbons (Fsp3) is 0.450. The van der Waals surface area contributed by atoms with Gasteiger partial charge in [0.2, 0.25) is 5.95 Å². The van der Waals surface area contributed by atoms with E-state index in [4.69, 9.17) is 0 Å². The van der Waals surface area contributed by atoms with Crippen LogP contribution in [-0.2, 0) is 13.0 Å². The Bertz CT molecular complexity index is 755. The van der Waals surface area contributed by atoms with Gasteiger partial charge in [-0.3, -0.25) is 0 Å². The van der Waals surface area contributed by atoms with E-state index in [1.54, 1.807) is 11.8 Å². The third kappa shape index (κ3) is 3.98. The first kappa shape index (κ1) is 16.1. The van der Waals surface area contributed by atoms with Crippen LogP contribution in [0.5, 0.6) is 0 Å². The number of hydrogen-bond acceptors (Lipinski definition) is 5. The first-order valence-corrected chi connectivity index (χ1v) is 9.32. The van der Waals surface area contributed by atoms with Crippen LogP contribution >= 0.6 is 0 Å². The van der Waals surface area contributed by atoms with Gasteiger partial charge in [0.25, 0.3) is 0 Å². The highest BCUT2D eigenvalue weighted by Gasteiger charge is 2.17. The van der Waals surface area contributed by atoms with Crippen LogP contribution in [0, 0.1) is 0 Å². The highest BCUT2D eigenvalue weighted by molar-refractivity contribution is 5.45. The van der Waals surface area contributed by atoms with E-state index in [2.05, 4.69) is 55.7 Å². The maximum atomic E-state index is 4.67. The Morgan fingerprint density at radius 3 is 2.88 bits per heavy atom. The fourth-order valence-electron chi connectivity index (χ4n) is 3.68. The molecule has 1 N–H and O–H groups in total. The first-order valence-electron chi connectivity index (χ1n) is 9.32. The highest BCUT2D eigenvalue weighted by atomic mass is 15.3. The lowest BCUT2D eigenvalue weighted by Gasteiger charge is -2.29. The van der Waals surface area contributed by atoms with Gasteiger partial charge < -0.3 is 10.2 Å². The predicted molar refractivity (Wildman–Crippen MR) is 101 cm³/mol. The Kier molecular flexibility index (Phi) is 4.91. The molecule has 1 aliphatic carbocycles. The van der Waals surface area contributed by atoms with Gasteiger partial charge in [-0.25, -0.2) is 0 Å². The summed E-state index contributed by atoms with van der Waals surface area (Å²) in [7, 11) is 0. The molecule has 0 bridgehead atoms. The summed E-state index contributed by atoms with van der Waals surface area (Å²) < 4.78 is 0. The molecule has 0 unspecified atom stereocenters. The molecule has 0 fully saturated rings. The largest absolute Gasteiger partial charge is 0.353 e. The molecule has 0 amide bonds. The normalized spacial score (nSPS) is 17.0. The number of hydrogen-bond donors (Lipinski definition) is 1. The molecule has 130 valence electrons. The third-order valence-electron chi connectivity index (χ3n) is 5.12. The predicted octanol–water partition coefficient (Wildman–Crippen LogP) is 3.74. The Morgan fingerprint density at radius 1 is 1.08 bits per heavy atom. The number of rotatable bonds is 5. The topological polar surface area (TPSA) is 53.9 Å². The summed E-state index contributed by atoms with van der Waals surface area (Å²) in [6.45, 7) is 2.74. The minimum atomic E-state index is 0.632. The number of nitrogens with one attached hydrogen (secondary N) is 1. The van der Waals surface area contributed by atoms with Gasteiger partial charge in [0, 0.05) is 19.6 Å². The number of benzene rings is 1. The molecule has 0 saturated heterocycles. The lowest BCUT2D eigenvalue weighted by Crippen LogP contribution is -2.31. The van der Waals surface area contributed by atoms with E-state index in [-0.39, 0.29) is 0 Å². The molecular weight excluding hydrogens is 310 g/mol. The second-order valence-corrected chi connectivity index (χ2v) is 6.86. The molecule has 0 atom stereocenters. The van der Waals surface area contributed by atoms with E-state index in [0.717, 1.165) is 38.3 Å². The van der Waals surface area contributed by atoms with Gasteiger partial charge in [-0.2, -0.15) is 10.1 Å². The SMILES string of the molecule is C1=C(CCNc2nncc(N3CCc4ccccc4C3)n2)CCCC1. The summed E-state index contributed by atoms with van der Waals surface area (Å²) >= 11 is 0. The number of nitrogens with zero attached hydrogens (tertiary/aromatic N) is 4. The van der Waals surface area contributed by atoms with E-state index < -0.39 is 0 Å². The molecule has 1 aromatic heterocycles. The van der Waals surface area contributed by atoms with Crippen molar-refractivity contribution in [1.82, 2.24) is 15.2 Å². The van der Waals surface area contributed by atoms with Crippen molar-refractivity contribution >= 4 is 11.8 Å². The van der Waals surface area contributed by atoms with E-state index >= 15 is 0 Å². The van der Waals surface area contributed by atoms with Crippen LogP contribution in [0.3, 0.4) is 0 Å². The van der Waals surface area contributed by atoms with Crippen molar-refractivity contribution in [2.24, 2.45) is 0 Å². The van der Waals surface area contributed by atoms with Crippen LogP contribution in [0.1, 0.15) is 43.2 Å². The first-order chi connectivity index (χ1) is 12.4. The summed E-state index contributed by atoms with van der Waals surface area (Å²) in [6, 6.07) is 8.64. The van der Waals surface area contributed by atoms with Crippen LogP contribution in [0.15, 0.2) is 42.1 Å². The molecule has 1 aliphatic heterocycles. The minimum absolute atomic E-state index is 0.632. The lowest BCUT2D eigenvalue weighted by atomic mass is 9.97. The third-order valence-corrected chi connectivity index (χ3v) is 5.12. The van der Waals surface area contributed by atoms with Gasteiger partial charge >= 0.3 is 0 Å². The smallest absolute Gasteiger partial charge is 0.244 e. The summed E-state index contributed by atoms with van der Waals surface area (Å²) in [5, 5.41) is 11.6. The number of anilines is 2. The van der Waals surface area contributed by atoms with Crippen molar-refractivity contribution in [3.63, 3.8) is 0 Å². The summed E-state index contributed by atoms with van der Waals surface area (Å²) in [5.41, 5.74) is 4.39. The fourth-order valence-corrected chi connectivity index (χ4v) is 3.68. The van der Waals surface area contributed by atoms with Crippen LogP contribution in [0.25, 0.3) is 0 Å².